The second-order valence-corrected chi connectivity index (χ2v) is 6.03. The standard InChI is InChI=1S/C19H20ClNO4/c1-25-17-9-7-15(20)11-14(17)12-18(22)21-16(8-10-19(23)24)13-5-3-2-4-6-13/h2-7,9,11,16H,8,10,12H2,1H3,(H,21,22)(H,23,24). The molecule has 2 rings (SSSR count). The molecule has 0 bridgehead atoms. The molecule has 25 heavy (non-hydrogen) atoms. The van der Waals surface area contributed by atoms with Crippen molar-refractivity contribution in [1.82, 2.24) is 5.32 Å². The average molecular weight is 362 g/mol. The van der Waals surface area contributed by atoms with Crippen LogP contribution >= 0.6 is 11.6 Å². The van der Waals surface area contributed by atoms with E-state index in [1.165, 1.54) is 7.11 Å². The highest BCUT2D eigenvalue weighted by atomic mass is 35.5. The summed E-state index contributed by atoms with van der Waals surface area (Å²) in [5, 5.41) is 12.4. The van der Waals surface area contributed by atoms with Crippen molar-refractivity contribution in [1.29, 1.82) is 0 Å². The molecule has 0 radical (unpaired) electrons. The Morgan fingerprint density at radius 2 is 1.92 bits per heavy atom. The van der Waals surface area contributed by atoms with E-state index in [2.05, 4.69) is 5.32 Å². The van der Waals surface area contributed by atoms with Gasteiger partial charge in [0.15, 0.2) is 0 Å². The van der Waals surface area contributed by atoms with Crippen LogP contribution in [0.2, 0.25) is 5.02 Å². The number of rotatable bonds is 8. The van der Waals surface area contributed by atoms with Crippen LogP contribution in [-0.4, -0.2) is 24.1 Å². The van der Waals surface area contributed by atoms with Gasteiger partial charge in [-0.15, -0.1) is 0 Å². The van der Waals surface area contributed by atoms with Gasteiger partial charge in [-0.25, -0.2) is 0 Å². The average Bonchev–Trinajstić information content (AvgIpc) is 2.59. The number of carbonyl (C=O) groups excluding carboxylic acids is 1. The molecule has 2 N–H and O–H groups in total. The Hall–Kier alpha value is -2.53. The monoisotopic (exact) mass is 361 g/mol. The van der Waals surface area contributed by atoms with Gasteiger partial charge >= 0.3 is 5.97 Å². The molecule has 0 aliphatic carbocycles. The summed E-state index contributed by atoms with van der Waals surface area (Å²) in [6.07, 6.45) is 0.387. The van der Waals surface area contributed by atoms with E-state index >= 15 is 0 Å². The number of carboxylic acid groups (broad SMARTS) is 1. The molecule has 2 aromatic carbocycles. The lowest BCUT2D eigenvalue weighted by Gasteiger charge is -2.19. The van der Waals surface area contributed by atoms with Crippen LogP contribution in [-0.2, 0) is 16.0 Å². The minimum Gasteiger partial charge on any atom is -0.496 e. The van der Waals surface area contributed by atoms with E-state index in [1.807, 2.05) is 30.3 Å². The number of benzene rings is 2. The van der Waals surface area contributed by atoms with Crippen molar-refractivity contribution in [3.8, 4) is 5.75 Å². The first-order valence-electron chi connectivity index (χ1n) is 7.88. The zero-order valence-corrected chi connectivity index (χ0v) is 14.6. The molecule has 6 heteroatoms. The predicted octanol–water partition coefficient (Wildman–Crippen LogP) is 3.61. The zero-order chi connectivity index (χ0) is 18.2. The Morgan fingerprint density at radius 1 is 1.20 bits per heavy atom. The minimum absolute atomic E-state index is 0.0275. The second-order valence-electron chi connectivity index (χ2n) is 5.60. The van der Waals surface area contributed by atoms with E-state index in [-0.39, 0.29) is 24.8 Å². The van der Waals surface area contributed by atoms with Gasteiger partial charge in [-0.05, 0) is 30.2 Å². The maximum atomic E-state index is 12.5. The van der Waals surface area contributed by atoms with Crippen LogP contribution in [0.15, 0.2) is 48.5 Å². The number of carboxylic acids is 1. The fraction of sp³-hybridized carbons (Fsp3) is 0.263. The van der Waals surface area contributed by atoms with Crippen LogP contribution in [0.25, 0.3) is 0 Å². The maximum absolute atomic E-state index is 12.5. The van der Waals surface area contributed by atoms with Crippen molar-refractivity contribution in [2.24, 2.45) is 0 Å². The Labute approximate surface area is 151 Å². The van der Waals surface area contributed by atoms with Gasteiger partial charge in [-0.2, -0.15) is 0 Å². The number of methoxy groups -OCH3 is 1. The molecule has 132 valence electrons. The van der Waals surface area contributed by atoms with Gasteiger partial charge < -0.3 is 15.2 Å². The smallest absolute Gasteiger partial charge is 0.303 e. The molecule has 0 aliphatic rings. The third-order valence-electron chi connectivity index (χ3n) is 3.78. The molecule has 5 nitrogen and oxygen atoms in total. The lowest BCUT2D eigenvalue weighted by atomic mass is 10.0. The Morgan fingerprint density at radius 3 is 2.56 bits per heavy atom. The molecule has 1 atom stereocenters. The SMILES string of the molecule is COc1ccc(Cl)cc1CC(=O)NC(CCC(=O)O)c1ccccc1. The Bertz CT molecular complexity index is 733. The van der Waals surface area contributed by atoms with E-state index in [4.69, 9.17) is 21.4 Å². The van der Waals surface area contributed by atoms with Crippen molar-refractivity contribution >= 4 is 23.5 Å². The number of amides is 1. The largest absolute Gasteiger partial charge is 0.496 e. The third kappa shape index (κ3) is 5.80. The number of hydrogen-bond donors (Lipinski definition) is 2. The summed E-state index contributed by atoms with van der Waals surface area (Å²) < 4.78 is 5.25. The lowest BCUT2D eigenvalue weighted by molar-refractivity contribution is -0.137. The highest BCUT2D eigenvalue weighted by molar-refractivity contribution is 6.30. The number of ether oxygens (including phenoxy) is 1. The quantitative estimate of drug-likeness (QED) is 0.753. The first kappa shape index (κ1) is 18.8. The lowest BCUT2D eigenvalue weighted by Crippen LogP contribution is -2.30. The fourth-order valence-electron chi connectivity index (χ4n) is 2.58. The van der Waals surface area contributed by atoms with Gasteiger partial charge in [-0.3, -0.25) is 9.59 Å². The number of carbonyl (C=O) groups is 2. The molecule has 0 saturated carbocycles. The molecule has 0 heterocycles. The summed E-state index contributed by atoms with van der Waals surface area (Å²) in [4.78, 5) is 23.4. The van der Waals surface area contributed by atoms with E-state index in [1.54, 1.807) is 18.2 Å². The summed E-state index contributed by atoms with van der Waals surface area (Å²) in [5.41, 5.74) is 1.55. The van der Waals surface area contributed by atoms with Crippen LogP contribution < -0.4 is 10.1 Å². The number of hydrogen-bond acceptors (Lipinski definition) is 3. The zero-order valence-electron chi connectivity index (χ0n) is 13.9. The molecule has 2 aromatic rings. The van der Waals surface area contributed by atoms with Crippen LogP contribution in [0.1, 0.15) is 30.0 Å². The van der Waals surface area contributed by atoms with Gasteiger partial charge in [0.1, 0.15) is 5.75 Å². The van der Waals surface area contributed by atoms with Gasteiger partial charge in [0.25, 0.3) is 0 Å². The summed E-state index contributed by atoms with van der Waals surface area (Å²) in [6.45, 7) is 0. The van der Waals surface area contributed by atoms with E-state index in [0.717, 1.165) is 5.56 Å². The highest BCUT2D eigenvalue weighted by Gasteiger charge is 2.17. The van der Waals surface area contributed by atoms with Crippen molar-refractivity contribution < 1.29 is 19.4 Å². The molecule has 1 unspecified atom stereocenters. The number of aliphatic carboxylic acids is 1. The normalized spacial score (nSPS) is 11.6. The molecule has 0 spiro atoms. The molecule has 0 aliphatic heterocycles. The van der Waals surface area contributed by atoms with E-state index < -0.39 is 5.97 Å². The van der Waals surface area contributed by atoms with E-state index in [0.29, 0.717) is 22.8 Å². The van der Waals surface area contributed by atoms with Gasteiger partial charge in [-0.1, -0.05) is 41.9 Å². The molecule has 0 fully saturated rings. The van der Waals surface area contributed by atoms with Crippen molar-refractivity contribution in [3.63, 3.8) is 0 Å². The minimum atomic E-state index is -0.897. The molecule has 0 saturated heterocycles. The first-order chi connectivity index (χ1) is 12.0. The van der Waals surface area contributed by atoms with Gasteiger partial charge in [0, 0.05) is 17.0 Å². The molecule has 1 amide bonds. The van der Waals surface area contributed by atoms with Crippen LogP contribution in [0.3, 0.4) is 0 Å². The Kier molecular flexibility index (Phi) is 6.83. The van der Waals surface area contributed by atoms with Gasteiger partial charge in [0.2, 0.25) is 5.91 Å². The van der Waals surface area contributed by atoms with Crippen molar-refractivity contribution in [3.05, 3.63) is 64.7 Å². The second kappa shape index (κ2) is 9.08. The van der Waals surface area contributed by atoms with Gasteiger partial charge in [0.05, 0.1) is 19.6 Å². The molecule has 0 aromatic heterocycles. The fourth-order valence-corrected chi connectivity index (χ4v) is 2.77. The number of nitrogens with one attached hydrogen (secondary N) is 1. The highest BCUT2D eigenvalue weighted by Crippen LogP contribution is 2.24. The summed E-state index contributed by atoms with van der Waals surface area (Å²) >= 11 is 5.99. The summed E-state index contributed by atoms with van der Waals surface area (Å²) in [5.74, 6) is -0.534. The van der Waals surface area contributed by atoms with Crippen molar-refractivity contribution in [2.75, 3.05) is 7.11 Å². The Balaban J connectivity index is 2.11. The third-order valence-corrected chi connectivity index (χ3v) is 4.01. The van der Waals surface area contributed by atoms with Crippen LogP contribution in [0.5, 0.6) is 5.75 Å². The molecular weight excluding hydrogens is 342 g/mol. The van der Waals surface area contributed by atoms with Crippen LogP contribution in [0.4, 0.5) is 0 Å². The summed E-state index contributed by atoms with van der Waals surface area (Å²) in [6, 6.07) is 14.1. The number of halogens is 1. The van der Waals surface area contributed by atoms with Crippen molar-refractivity contribution in [2.45, 2.75) is 25.3 Å². The van der Waals surface area contributed by atoms with Crippen LogP contribution in [0, 0.1) is 0 Å². The topological polar surface area (TPSA) is 75.6 Å². The summed E-state index contributed by atoms with van der Waals surface area (Å²) in [7, 11) is 1.53. The maximum Gasteiger partial charge on any atom is 0.303 e. The molecular formula is C19H20ClNO4. The first-order valence-corrected chi connectivity index (χ1v) is 8.26. The van der Waals surface area contributed by atoms with E-state index in [9.17, 15) is 9.59 Å². The predicted molar refractivity (Wildman–Crippen MR) is 95.9 cm³/mol.